The lowest BCUT2D eigenvalue weighted by molar-refractivity contribution is 0.464. The summed E-state index contributed by atoms with van der Waals surface area (Å²) in [4.78, 5) is 11.6. The van der Waals surface area contributed by atoms with E-state index >= 15 is 0 Å². The van der Waals surface area contributed by atoms with E-state index in [1.54, 1.807) is 17.2 Å². The van der Waals surface area contributed by atoms with Crippen LogP contribution in [0.1, 0.15) is 36.7 Å². The fraction of sp³-hybridized carbons (Fsp3) is 0.318. The van der Waals surface area contributed by atoms with Crippen LogP contribution in [-0.4, -0.2) is 31.5 Å². The van der Waals surface area contributed by atoms with Crippen molar-refractivity contribution in [1.29, 1.82) is 0 Å². The van der Waals surface area contributed by atoms with E-state index in [1.165, 1.54) is 6.07 Å². The van der Waals surface area contributed by atoms with Crippen molar-refractivity contribution in [2.24, 2.45) is 0 Å². The van der Waals surface area contributed by atoms with E-state index in [9.17, 15) is 8.78 Å². The summed E-state index contributed by atoms with van der Waals surface area (Å²) in [5.74, 6) is -1.19. The molecule has 1 fully saturated rings. The number of halogens is 2. The van der Waals surface area contributed by atoms with Gasteiger partial charge < -0.3 is 9.88 Å². The number of aryl methyl sites for hydroxylation is 1. The Bertz CT molecular complexity index is 1250. The smallest absolute Gasteiger partial charge is 0.186 e. The Morgan fingerprint density at radius 1 is 1.07 bits per heavy atom. The van der Waals surface area contributed by atoms with Gasteiger partial charge >= 0.3 is 0 Å². The van der Waals surface area contributed by atoms with Gasteiger partial charge in [-0.1, -0.05) is 6.07 Å². The van der Waals surface area contributed by atoms with Crippen molar-refractivity contribution in [3.8, 4) is 5.69 Å². The summed E-state index contributed by atoms with van der Waals surface area (Å²) in [5, 5.41) is 8.66. The number of imidazole rings is 1. The number of H-pyrrole nitrogens is 1. The van der Waals surface area contributed by atoms with Gasteiger partial charge in [0.2, 0.25) is 0 Å². The van der Waals surface area contributed by atoms with Gasteiger partial charge in [0.15, 0.2) is 11.6 Å². The van der Waals surface area contributed by atoms with Gasteiger partial charge in [-0.3, -0.25) is 0 Å². The third-order valence-electron chi connectivity index (χ3n) is 6.28. The maximum Gasteiger partial charge on any atom is 0.186 e. The average Bonchev–Trinajstić information content (AvgIpc) is 3.47. The van der Waals surface area contributed by atoms with E-state index in [-0.39, 0.29) is 5.52 Å². The zero-order valence-electron chi connectivity index (χ0n) is 17.1. The number of fused-ring (bicyclic) bond motifs is 1. The second kappa shape index (κ2) is 6.62. The molecule has 0 radical (unpaired) electrons. The zero-order valence-corrected chi connectivity index (χ0v) is 17.1. The molecule has 5 rings (SSSR count). The van der Waals surface area contributed by atoms with E-state index in [2.05, 4.69) is 51.9 Å². The number of aromatic amines is 1. The highest BCUT2D eigenvalue weighted by atomic mass is 19.2. The van der Waals surface area contributed by atoms with Gasteiger partial charge in [-0.25, -0.2) is 13.8 Å². The molecule has 8 heteroatoms. The highest BCUT2D eigenvalue weighted by Crippen LogP contribution is 2.45. The van der Waals surface area contributed by atoms with Crippen LogP contribution < -0.4 is 4.90 Å². The van der Waals surface area contributed by atoms with Crippen LogP contribution in [0.25, 0.3) is 16.7 Å². The number of hydrogen-bond donors (Lipinski definition) is 1. The Labute approximate surface area is 172 Å². The van der Waals surface area contributed by atoms with Gasteiger partial charge in [0.1, 0.15) is 17.0 Å². The van der Waals surface area contributed by atoms with Gasteiger partial charge in [-0.15, -0.1) is 4.80 Å². The van der Waals surface area contributed by atoms with E-state index in [0.717, 1.165) is 48.0 Å². The van der Waals surface area contributed by atoms with Gasteiger partial charge in [-0.2, -0.15) is 10.2 Å². The molecule has 0 saturated carbocycles. The molecule has 3 heterocycles. The normalized spacial score (nSPS) is 19.2. The Morgan fingerprint density at radius 3 is 2.60 bits per heavy atom. The zero-order chi connectivity index (χ0) is 21.0. The molecule has 1 aliphatic rings. The highest BCUT2D eigenvalue weighted by Gasteiger charge is 2.43. The van der Waals surface area contributed by atoms with E-state index < -0.39 is 17.2 Å². The fourth-order valence-corrected chi connectivity index (χ4v) is 4.47. The topological polar surface area (TPSA) is 62.6 Å². The maximum atomic E-state index is 14.3. The van der Waals surface area contributed by atoms with E-state index in [4.69, 9.17) is 0 Å². The fourth-order valence-electron chi connectivity index (χ4n) is 4.47. The molecule has 0 aliphatic carbocycles. The number of hydrogen-bond acceptors (Lipinski definition) is 4. The van der Waals surface area contributed by atoms with Gasteiger partial charge in [0, 0.05) is 6.54 Å². The van der Waals surface area contributed by atoms with Gasteiger partial charge in [0.25, 0.3) is 0 Å². The predicted octanol–water partition coefficient (Wildman–Crippen LogP) is 4.55. The molecule has 2 aromatic carbocycles. The first-order valence-corrected chi connectivity index (χ1v) is 9.99. The van der Waals surface area contributed by atoms with Crippen molar-refractivity contribution in [2.75, 3.05) is 11.4 Å². The number of anilines is 1. The predicted molar refractivity (Wildman–Crippen MR) is 111 cm³/mol. The molecule has 0 spiro atoms. The van der Waals surface area contributed by atoms with Crippen LogP contribution in [0.3, 0.4) is 0 Å². The van der Waals surface area contributed by atoms with Crippen LogP contribution in [0.2, 0.25) is 0 Å². The van der Waals surface area contributed by atoms with Crippen LogP contribution in [-0.2, 0) is 5.54 Å². The summed E-state index contributed by atoms with van der Waals surface area (Å²) in [6.45, 7) is 7.06. The summed E-state index contributed by atoms with van der Waals surface area (Å²) < 4.78 is 28.0. The highest BCUT2D eigenvalue weighted by molar-refractivity contribution is 5.77. The Kier molecular flexibility index (Phi) is 4.13. The van der Waals surface area contributed by atoms with Crippen molar-refractivity contribution in [2.45, 2.75) is 39.2 Å². The molecule has 154 valence electrons. The standard InChI is InChI=1S/C22H22F2N6/c1-13-5-8-17(30-25-10-11-26-30)20(14(13)2)29-12-4-9-22(29,3)21-27-16-7-6-15(23)18(24)19(16)28-21/h5-8,10-11H,4,9,12H2,1-3H3,(H,27,28)/t22-/m0/s1. The van der Waals surface area contributed by atoms with Crippen molar-refractivity contribution in [3.63, 3.8) is 0 Å². The first-order valence-electron chi connectivity index (χ1n) is 9.99. The van der Waals surface area contributed by atoms with Crippen molar-refractivity contribution in [3.05, 3.63) is 65.2 Å². The number of nitrogens with one attached hydrogen (secondary N) is 1. The number of aromatic nitrogens is 5. The summed E-state index contributed by atoms with van der Waals surface area (Å²) in [7, 11) is 0. The largest absolute Gasteiger partial charge is 0.357 e. The molecule has 6 nitrogen and oxygen atoms in total. The van der Waals surface area contributed by atoms with Crippen LogP contribution in [0.15, 0.2) is 36.7 Å². The average molecular weight is 408 g/mol. The second-order valence-corrected chi connectivity index (χ2v) is 8.07. The van der Waals surface area contributed by atoms with Crippen LogP contribution >= 0.6 is 0 Å². The SMILES string of the molecule is Cc1ccc(-n2nccn2)c(N2CCC[C@@]2(C)c2nc3c(F)c(F)ccc3[nH]2)c1C. The second-order valence-electron chi connectivity index (χ2n) is 8.07. The molecule has 30 heavy (non-hydrogen) atoms. The monoisotopic (exact) mass is 408 g/mol. The molecule has 1 N–H and O–H groups in total. The molecule has 0 unspecified atom stereocenters. The third-order valence-corrected chi connectivity index (χ3v) is 6.28. The van der Waals surface area contributed by atoms with E-state index in [1.807, 2.05) is 6.07 Å². The van der Waals surface area contributed by atoms with Gasteiger partial charge in [0.05, 0.1) is 29.1 Å². The summed E-state index contributed by atoms with van der Waals surface area (Å²) in [6, 6.07) is 6.73. The molecular weight excluding hydrogens is 386 g/mol. The first kappa shape index (κ1) is 18.7. The molecule has 4 aromatic rings. The quantitative estimate of drug-likeness (QED) is 0.540. The lowest BCUT2D eigenvalue weighted by atomic mass is 9.95. The van der Waals surface area contributed by atoms with E-state index in [0.29, 0.717) is 11.3 Å². The van der Waals surface area contributed by atoms with Crippen molar-refractivity contribution in [1.82, 2.24) is 25.0 Å². The van der Waals surface area contributed by atoms with Gasteiger partial charge in [-0.05, 0) is 62.9 Å². The Morgan fingerprint density at radius 2 is 1.83 bits per heavy atom. The number of nitrogens with zero attached hydrogens (tertiary/aromatic N) is 5. The summed E-state index contributed by atoms with van der Waals surface area (Å²) in [5.41, 5.74) is 4.21. The maximum absolute atomic E-state index is 14.3. The molecule has 1 saturated heterocycles. The molecular formula is C22H22F2N6. The lowest BCUT2D eigenvalue weighted by Crippen LogP contribution is -2.40. The summed E-state index contributed by atoms with van der Waals surface area (Å²) in [6.07, 6.45) is 5.08. The molecule has 1 atom stereocenters. The van der Waals surface area contributed by atoms with Crippen LogP contribution in [0.4, 0.5) is 14.5 Å². The summed E-state index contributed by atoms with van der Waals surface area (Å²) >= 11 is 0. The van der Waals surface area contributed by atoms with Crippen LogP contribution in [0, 0.1) is 25.5 Å². The Balaban J connectivity index is 1.70. The Hall–Kier alpha value is -3.29. The molecule has 0 amide bonds. The molecule has 2 aromatic heterocycles. The first-order chi connectivity index (χ1) is 14.4. The number of rotatable bonds is 3. The van der Waals surface area contributed by atoms with Crippen molar-refractivity contribution < 1.29 is 8.78 Å². The van der Waals surface area contributed by atoms with Crippen molar-refractivity contribution >= 4 is 16.7 Å². The lowest BCUT2D eigenvalue weighted by Gasteiger charge is -2.37. The minimum absolute atomic E-state index is 0.0352. The third kappa shape index (κ3) is 2.63. The number of benzene rings is 2. The minimum Gasteiger partial charge on any atom is -0.357 e. The van der Waals surface area contributed by atoms with Crippen LogP contribution in [0.5, 0.6) is 0 Å². The molecule has 1 aliphatic heterocycles. The molecule has 0 bridgehead atoms. The minimum atomic E-state index is -0.920.